The largest absolute Gasteiger partial charge is 0.399 e. The van der Waals surface area contributed by atoms with E-state index in [0.29, 0.717) is 23.2 Å². The van der Waals surface area contributed by atoms with E-state index in [9.17, 15) is 8.42 Å². The van der Waals surface area contributed by atoms with Gasteiger partial charge in [0.1, 0.15) is 0 Å². The number of nitrogen functional groups attached to an aromatic ring is 1. The molecule has 0 amide bonds. The Kier molecular flexibility index (Phi) is 3.95. The minimum atomic E-state index is -3.46. The lowest BCUT2D eigenvalue weighted by Gasteiger charge is -2.36. The van der Waals surface area contributed by atoms with E-state index >= 15 is 0 Å². The van der Waals surface area contributed by atoms with E-state index in [1.807, 2.05) is 0 Å². The quantitative estimate of drug-likeness (QED) is 0.837. The zero-order valence-electron chi connectivity index (χ0n) is 11.2. The summed E-state index contributed by atoms with van der Waals surface area (Å²) in [5, 5.41) is 0. The molecule has 0 aliphatic carbocycles. The SMILES string of the molecule is CC1(C)CCN(S(=O)(=O)c2cc(N)ccc2Br)CC1. The van der Waals surface area contributed by atoms with Crippen LogP contribution in [0.15, 0.2) is 27.6 Å². The standard InChI is InChI=1S/C13H19BrN2O2S/c1-13(2)5-7-16(8-6-13)19(17,18)12-9-10(15)3-4-11(12)14/h3-4,9H,5-8,15H2,1-2H3. The third-order valence-electron chi connectivity index (χ3n) is 3.65. The van der Waals surface area contributed by atoms with Crippen molar-refractivity contribution in [3.8, 4) is 0 Å². The van der Waals surface area contributed by atoms with Crippen LogP contribution in [0.4, 0.5) is 5.69 Å². The van der Waals surface area contributed by atoms with E-state index in [0.717, 1.165) is 12.8 Å². The van der Waals surface area contributed by atoms with Crippen molar-refractivity contribution in [1.29, 1.82) is 0 Å². The molecule has 19 heavy (non-hydrogen) atoms. The van der Waals surface area contributed by atoms with Crippen LogP contribution in [0.3, 0.4) is 0 Å². The normalized spacial score (nSPS) is 20.4. The van der Waals surface area contributed by atoms with Gasteiger partial charge in [-0.15, -0.1) is 0 Å². The predicted octanol–water partition coefficient (Wildman–Crippen LogP) is 2.84. The fraction of sp³-hybridized carbons (Fsp3) is 0.538. The highest BCUT2D eigenvalue weighted by Crippen LogP contribution is 2.34. The molecule has 6 heteroatoms. The van der Waals surface area contributed by atoms with Gasteiger partial charge in [0.25, 0.3) is 0 Å². The fourth-order valence-corrected chi connectivity index (χ4v) is 4.59. The average molecular weight is 347 g/mol. The molecular formula is C13H19BrN2O2S. The van der Waals surface area contributed by atoms with E-state index in [4.69, 9.17) is 5.73 Å². The van der Waals surface area contributed by atoms with Gasteiger partial charge in [0.2, 0.25) is 10.0 Å². The minimum Gasteiger partial charge on any atom is -0.399 e. The molecule has 0 bridgehead atoms. The summed E-state index contributed by atoms with van der Waals surface area (Å²) in [5.41, 5.74) is 6.37. The molecule has 0 atom stereocenters. The van der Waals surface area contributed by atoms with Crippen LogP contribution in [0.25, 0.3) is 0 Å². The number of hydrogen-bond acceptors (Lipinski definition) is 3. The van der Waals surface area contributed by atoms with Crippen molar-refractivity contribution in [3.05, 3.63) is 22.7 Å². The van der Waals surface area contributed by atoms with E-state index in [1.54, 1.807) is 16.4 Å². The number of nitrogens with two attached hydrogens (primary N) is 1. The van der Waals surface area contributed by atoms with Gasteiger partial charge in [-0.2, -0.15) is 4.31 Å². The van der Waals surface area contributed by atoms with Gasteiger partial charge >= 0.3 is 0 Å². The fourth-order valence-electron chi connectivity index (χ4n) is 2.19. The number of piperidine rings is 1. The first-order chi connectivity index (χ1) is 8.72. The van der Waals surface area contributed by atoms with Crippen molar-refractivity contribution >= 4 is 31.6 Å². The van der Waals surface area contributed by atoms with Crippen LogP contribution >= 0.6 is 15.9 Å². The number of benzene rings is 1. The molecule has 0 unspecified atom stereocenters. The van der Waals surface area contributed by atoms with Gasteiger partial charge in [-0.25, -0.2) is 8.42 Å². The van der Waals surface area contributed by atoms with Crippen molar-refractivity contribution in [3.63, 3.8) is 0 Å². The second-order valence-electron chi connectivity index (χ2n) is 5.76. The van der Waals surface area contributed by atoms with Gasteiger partial charge in [0.15, 0.2) is 0 Å². The van der Waals surface area contributed by atoms with Crippen LogP contribution in [0.1, 0.15) is 26.7 Å². The molecule has 1 aromatic carbocycles. The van der Waals surface area contributed by atoms with Crippen LogP contribution in [-0.4, -0.2) is 25.8 Å². The van der Waals surface area contributed by atoms with E-state index < -0.39 is 10.0 Å². The molecule has 106 valence electrons. The lowest BCUT2D eigenvalue weighted by atomic mass is 9.83. The summed E-state index contributed by atoms with van der Waals surface area (Å²) in [6, 6.07) is 4.87. The first-order valence-corrected chi connectivity index (χ1v) is 8.51. The van der Waals surface area contributed by atoms with Crippen molar-refractivity contribution < 1.29 is 8.42 Å². The maximum Gasteiger partial charge on any atom is 0.244 e. The Hall–Kier alpha value is -0.590. The molecule has 1 aromatic rings. The Morgan fingerprint density at radius 1 is 1.26 bits per heavy atom. The number of halogens is 1. The molecule has 1 saturated heterocycles. The molecule has 0 aromatic heterocycles. The van der Waals surface area contributed by atoms with Gasteiger partial charge in [0, 0.05) is 23.2 Å². The van der Waals surface area contributed by atoms with Gasteiger partial charge in [0.05, 0.1) is 4.90 Å². The molecule has 1 heterocycles. The average Bonchev–Trinajstić information content (AvgIpc) is 2.31. The zero-order chi connectivity index (χ0) is 14.3. The molecule has 0 radical (unpaired) electrons. The summed E-state index contributed by atoms with van der Waals surface area (Å²) in [6.45, 7) is 5.48. The molecule has 2 rings (SSSR count). The molecule has 2 N–H and O–H groups in total. The summed E-state index contributed by atoms with van der Waals surface area (Å²) >= 11 is 3.29. The van der Waals surface area contributed by atoms with Gasteiger partial charge < -0.3 is 5.73 Å². The number of anilines is 1. The summed E-state index contributed by atoms with van der Waals surface area (Å²) in [5.74, 6) is 0. The molecule has 1 fully saturated rings. The van der Waals surface area contributed by atoms with Gasteiger partial charge in [-0.1, -0.05) is 13.8 Å². The second kappa shape index (κ2) is 5.07. The highest BCUT2D eigenvalue weighted by molar-refractivity contribution is 9.10. The number of hydrogen-bond donors (Lipinski definition) is 1. The summed E-state index contributed by atoms with van der Waals surface area (Å²) in [7, 11) is -3.46. The predicted molar refractivity (Wildman–Crippen MR) is 80.3 cm³/mol. The maximum atomic E-state index is 12.6. The Morgan fingerprint density at radius 2 is 1.84 bits per heavy atom. The van der Waals surface area contributed by atoms with Crippen LogP contribution in [0.5, 0.6) is 0 Å². The van der Waals surface area contributed by atoms with Gasteiger partial charge in [-0.3, -0.25) is 0 Å². The van der Waals surface area contributed by atoms with Crippen LogP contribution < -0.4 is 5.73 Å². The number of sulfonamides is 1. The molecule has 0 saturated carbocycles. The van der Waals surface area contributed by atoms with Crippen LogP contribution in [0, 0.1) is 5.41 Å². The van der Waals surface area contributed by atoms with Crippen molar-refractivity contribution in [2.75, 3.05) is 18.8 Å². The molecule has 1 aliphatic rings. The van der Waals surface area contributed by atoms with Crippen molar-refractivity contribution in [2.45, 2.75) is 31.6 Å². The zero-order valence-corrected chi connectivity index (χ0v) is 13.6. The second-order valence-corrected chi connectivity index (χ2v) is 8.52. The summed E-state index contributed by atoms with van der Waals surface area (Å²) in [4.78, 5) is 0.257. The summed E-state index contributed by atoms with van der Waals surface area (Å²) in [6.07, 6.45) is 1.76. The molecule has 0 spiro atoms. The topological polar surface area (TPSA) is 63.4 Å². The minimum absolute atomic E-state index is 0.221. The Morgan fingerprint density at radius 3 is 2.42 bits per heavy atom. The van der Waals surface area contributed by atoms with Gasteiger partial charge in [-0.05, 0) is 52.4 Å². The van der Waals surface area contributed by atoms with E-state index in [1.165, 1.54) is 6.07 Å². The highest BCUT2D eigenvalue weighted by atomic mass is 79.9. The number of nitrogens with zero attached hydrogens (tertiary/aromatic N) is 1. The first kappa shape index (κ1) is 14.8. The molecular weight excluding hydrogens is 328 g/mol. The lowest BCUT2D eigenvalue weighted by Crippen LogP contribution is -2.41. The summed E-state index contributed by atoms with van der Waals surface area (Å²) < 4.78 is 27.3. The highest BCUT2D eigenvalue weighted by Gasteiger charge is 2.33. The maximum absolute atomic E-state index is 12.6. The molecule has 1 aliphatic heterocycles. The van der Waals surface area contributed by atoms with Crippen molar-refractivity contribution in [2.24, 2.45) is 5.41 Å². The Balaban J connectivity index is 2.31. The van der Waals surface area contributed by atoms with E-state index in [2.05, 4.69) is 29.8 Å². The number of rotatable bonds is 2. The molecule has 4 nitrogen and oxygen atoms in total. The Bertz CT molecular complexity index is 574. The third kappa shape index (κ3) is 3.12. The Labute approximate surface area is 123 Å². The third-order valence-corrected chi connectivity index (χ3v) is 6.54. The van der Waals surface area contributed by atoms with Crippen LogP contribution in [-0.2, 0) is 10.0 Å². The first-order valence-electron chi connectivity index (χ1n) is 6.28. The monoisotopic (exact) mass is 346 g/mol. The lowest BCUT2D eigenvalue weighted by molar-refractivity contribution is 0.196. The van der Waals surface area contributed by atoms with Crippen LogP contribution in [0.2, 0.25) is 0 Å². The van der Waals surface area contributed by atoms with E-state index in [-0.39, 0.29) is 10.3 Å². The smallest absolute Gasteiger partial charge is 0.244 e. The van der Waals surface area contributed by atoms with Crippen molar-refractivity contribution in [1.82, 2.24) is 4.31 Å².